The Morgan fingerprint density at radius 2 is 1.79 bits per heavy atom. The summed E-state index contributed by atoms with van der Waals surface area (Å²) < 4.78 is 0.890. The van der Waals surface area contributed by atoms with E-state index in [4.69, 9.17) is 5.11 Å². The van der Waals surface area contributed by atoms with Crippen LogP contribution in [0.15, 0.2) is 68.8 Å². The first-order chi connectivity index (χ1) is 13.4. The van der Waals surface area contributed by atoms with Crippen molar-refractivity contribution in [2.45, 2.75) is 0 Å². The number of benzene rings is 2. The molecule has 8 heteroatoms. The first-order valence-corrected chi connectivity index (χ1v) is 8.23. The Hall–Kier alpha value is -4.20. The summed E-state index contributed by atoms with van der Waals surface area (Å²) in [4.78, 5) is 42.0. The third-order valence-corrected chi connectivity index (χ3v) is 4.28. The van der Waals surface area contributed by atoms with Gasteiger partial charge in [-0.25, -0.2) is 19.1 Å². The number of nitrogens with zero attached hydrogens (tertiary/aromatic N) is 2. The van der Waals surface area contributed by atoms with Crippen LogP contribution < -0.4 is 21.8 Å². The number of carboxylic acids is 1. The highest BCUT2D eigenvalue weighted by Gasteiger charge is 2.15. The Bertz CT molecular complexity index is 1340. The van der Waals surface area contributed by atoms with Gasteiger partial charge in [0.15, 0.2) is 0 Å². The molecule has 4 rings (SSSR count). The van der Waals surface area contributed by atoms with Crippen LogP contribution in [0.5, 0.6) is 5.88 Å². The maximum atomic E-state index is 12.2. The van der Waals surface area contributed by atoms with Gasteiger partial charge in [-0.05, 0) is 42.5 Å². The number of para-hydroxylation sites is 1. The summed E-state index contributed by atoms with van der Waals surface area (Å²) in [6, 6.07) is 12.7. The van der Waals surface area contributed by atoms with Gasteiger partial charge < -0.3 is 10.2 Å². The summed E-state index contributed by atoms with van der Waals surface area (Å²) in [5.41, 5.74) is -1.05. The minimum Gasteiger partial charge on any atom is -0.494 e. The van der Waals surface area contributed by atoms with E-state index in [1.54, 1.807) is 6.08 Å². The van der Waals surface area contributed by atoms with Gasteiger partial charge in [0.1, 0.15) is 5.56 Å². The van der Waals surface area contributed by atoms with E-state index in [1.165, 1.54) is 30.3 Å². The number of hydrogen-bond donors (Lipinski definition) is 3. The van der Waals surface area contributed by atoms with Gasteiger partial charge in [0.2, 0.25) is 5.88 Å². The summed E-state index contributed by atoms with van der Waals surface area (Å²) in [7, 11) is 0. The highest BCUT2D eigenvalue weighted by atomic mass is 16.4. The molecule has 0 spiro atoms. The molecule has 0 atom stereocenters. The standard InChI is InChI=1S/C20H13N3O5/c24-17-15(10-13-9-12-3-1-2-4-16(12)21-13)18(25)23(20(28)22-17)14-7-5-11(6-8-14)19(26)27/h1-10,25H,(H,26,27)(H,22,24,28)/b13-10-. The van der Waals surface area contributed by atoms with Crippen LogP contribution in [0, 0.1) is 0 Å². The molecule has 8 nitrogen and oxygen atoms in total. The molecule has 28 heavy (non-hydrogen) atoms. The SMILES string of the molecule is O=C(O)c1ccc(-n2c(O)c(/C=C3/C=c4ccccc4=N3)c(=O)[nH]c2=O)cc1. The predicted octanol–water partition coefficient (Wildman–Crippen LogP) is 0.384. The van der Waals surface area contributed by atoms with E-state index in [1.807, 2.05) is 24.3 Å². The van der Waals surface area contributed by atoms with Gasteiger partial charge in [-0.1, -0.05) is 18.2 Å². The lowest BCUT2D eigenvalue weighted by Crippen LogP contribution is -2.30. The Kier molecular flexibility index (Phi) is 4.00. The van der Waals surface area contributed by atoms with E-state index < -0.39 is 23.1 Å². The first kappa shape index (κ1) is 17.2. The van der Waals surface area contributed by atoms with Crippen LogP contribution >= 0.6 is 0 Å². The lowest BCUT2D eigenvalue weighted by atomic mass is 10.2. The molecule has 2 heterocycles. The van der Waals surface area contributed by atoms with Crippen LogP contribution in [0.4, 0.5) is 0 Å². The van der Waals surface area contributed by atoms with Crippen LogP contribution in [-0.2, 0) is 0 Å². The number of fused-ring (bicyclic) bond motifs is 1. The van der Waals surface area contributed by atoms with Crippen molar-refractivity contribution in [3.05, 3.63) is 96.8 Å². The fourth-order valence-electron chi connectivity index (χ4n) is 2.93. The average Bonchev–Trinajstić information content (AvgIpc) is 3.08. The monoisotopic (exact) mass is 375 g/mol. The topological polar surface area (TPSA) is 125 Å². The molecular formula is C20H13N3O5. The van der Waals surface area contributed by atoms with Gasteiger partial charge in [-0.3, -0.25) is 9.78 Å². The minimum atomic E-state index is -1.12. The maximum absolute atomic E-state index is 12.2. The van der Waals surface area contributed by atoms with Crippen molar-refractivity contribution in [1.82, 2.24) is 9.55 Å². The highest BCUT2D eigenvalue weighted by molar-refractivity contribution is 5.87. The zero-order chi connectivity index (χ0) is 19.8. The van der Waals surface area contributed by atoms with E-state index in [0.717, 1.165) is 15.1 Å². The fraction of sp³-hybridized carbons (Fsp3) is 0. The third kappa shape index (κ3) is 2.92. The number of nitrogens with one attached hydrogen (secondary N) is 1. The molecule has 1 aromatic heterocycles. The van der Waals surface area contributed by atoms with Crippen LogP contribution in [0.1, 0.15) is 15.9 Å². The number of rotatable bonds is 3. The summed E-state index contributed by atoms with van der Waals surface area (Å²) in [5.74, 6) is -1.68. The molecule has 3 aromatic rings. The Labute approximate surface area is 156 Å². The lowest BCUT2D eigenvalue weighted by Gasteiger charge is -2.10. The average molecular weight is 375 g/mol. The second-order valence-electron chi connectivity index (χ2n) is 6.07. The molecule has 1 aliphatic heterocycles. The third-order valence-electron chi connectivity index (χ3n) is 4.28. The van der Waals surface area contributed by atoms with Crippen molar-refractivity contribution in [3.8, 4) is 11.6 Å². The van der Waals surface area contributed by atoms with Crippen molar-refractivity contribution in [2.24, 2.45) is 4.99 Å². The van der Waals surface area contributed by atoms with Crippen LogP contribution in [0.3, 0.4) is 0 Å². The van der Waals surface area contributed by atoms with Crippen molar-refractivity contribution in [2.75, 3.05) is 0 Å². The number of allylic oxidation sites excluding steroid dienone is 1. The summed E-state index contributed by atoms with van der Waals surface area (Å²) in [6.45, 7) is 0. The molecule has 0 fully saturated rings. The number of aromatic nitrogens is 2. The van der Waals surface area contributed by atoms with Gasteiger partial charge in [0, 0.05) is 5.22 Å². The smallest absolute Gasteiger partial charge is 0.335 e. The highest BCUT2D eigenvalue weighted by Crippen LogP contribution is 2.20. The summed E-state index contributed by atoms with van der Waals surface area (Å²) in [6.07, 6.45) is 3.14. The molecule has 0 radical (unpaired) electrons. The van der Waals surface area contributed by atoms with E-state index >= 15 is 0 Å². The number of H-pyrrole nitrogens is 1. The molecule has 2 aromatic carbocycles. The van der Waals surface area contributed by atoms with Crippen molar-refractivity contribution in [1.29, 1.82) is 0 Å². The molecule has 0 saturated carbocycles. The Morgan fingerprint density at radius 3 is 2.46 bits per heavy atom. The minimum absolute atomic E-state index is 0.0279. The molecule has 0 aliphatic carbocycles. The largest absolute Gasteiger partial charge is 0.494 e. The van der Waals surface area contributed by atoms with Crippen LogP contribution in [0.25, 0.3) is 17.8 Å². The normalized spacial score (nSPS) is 13.6. The number of carboxylic acid groups (broad SMARTS) is 1. The second kappa shape index (κ2) is 6.51. The van der Waals surface area contributed by atoms with Crippen molar-refractivity contribution >= 4 is 18.1 Å². The molecule has 0 saturated heterocycles. The summed E-state index contributed by atoms with van der Waals surface area (Å²) >= 11 is 0. The molecule has 3 N–H and O–H groups in total. The number of carbonyl (C=O) groups is 1. The zero-order valence-electron chi connectivity index (χ0n) is 14.3. The molecular weight excluding hydrogens is 362 g/mol. The van der Waals surface area contributed by atoms with Gasteiger partial charge in [0.25, 0.3) is 5.56 Å². The van der Waals surface area contributed by atoms with Crippen molar-refractivity contribution < 1.29 is 15.0 Å². The van der Waals surface area contributed by atoms with Gasteiger partial charge in [-0.2, -0.15) is 0 Å². The molecule has 0 bridgehead atoms. The van der Waals surface area contributed by atoms with Crippen molar-refractivity contribution in [3.63, 3.8) is 0 Å². The zero-order valence-corrected chi connectivity index (χ0v) is 14.3. The second-order valence-corrected chi connectivity index (χ2v) is 6.07. The van der Waals surface area contributed by atoms with Gasteiger partial charge in [-0.15, -0.1) is 0 Å². The first-order valence-electron chi connectivity index (χ1n) is 8.23. The molecule has 0 unspecified atom stereocenters. The molecule has 1 aliphatic rings. The van der Waals surface area contributed by atoms with Gasteiger partial charge in [0.05, 0.1) is 22.3 Å². The quantitative estimate of drug-likeness (QED) is 0.611. The molecule has 0 amide bonds. The summed E-state index contributed by atoms with van der Waals surface area (Å²) in [5, 5.41) is 21.2. The van der Waals surface area contributed by atoms with E-state index in [0.29, 0.717) is 5.70 Å². The lowest BCUT2D eigenvalue weighted by molar-refractivity contribution is 0.0697. The number of aromatic carboxylic acids is 1. The molecule has 138 valence electrons. The predicted molar refractivity (Wildman–Crippen MR) is 101 cm³/mol. The maximum Gasteiger partial charge on any atom is 0.335 e. The van der Waals surface area contributed by atoms with Crippen LogP contribution in [-0.4, -0.2) is 25.7 Å². The number of hydrogen-bond acceptors (Lipinski definition) is 5. The number of aromatic hydroxyl groups is 1. The fourth-order valence-corrected chi connectivity index (χ4v) is 2.93. The van der Waals surface area contributed by atoms with E-state index in [9.17, 15) is 19.5 Å². The Morgan fingerprint density at radius 1 is 1.07 bits per heavy atom. The number of aromatic amines is 1. The van der Waals surface area contributed by atoms with E-state index in [2.05, 4.69) is 9.98 Å². The van der Waals surface area contributed by atoms with E-state index in [-0.39, 0.29) is 16.8 Å². The Balaban J connectivity index is 1.87. The van der Waals surface area contributed by atoms with Crippen LogP contribution in [0.2, 0.25) is 0 Å². The van der Waals surface area contributed by atoms with Gasteiger partial charge >= 0.3 is 11.7 Å².